The molecule has 1 heterocycles. The average molecular weight is 637 g/mol. The van der Waals surface area contributed by atoms with E-state index in [4.69, 9.17) is 9.97 Å². The van der Waals surface area contributed by atoms with Gasteiger partial charge in [-0.2, -0.15) is 0 Å². The van der Waals surface area contributed by atoms with E-state index in [-0.39, 0.29) is 0 Å². The Morgan fingerprint density at radius 1 is 0.280 bits per heavy atom. The molecule has 0 spiro atoms. The van der Waals surface area contributed by atoms with E-state index in [2.05, 4.69) is 194 Å². The molecule has 0 aliphatic carbocycles. The standard InChI is InChI=1S/C48H32N2/c1-3-14-33(15-4-1)36-19-11-20-37(30-36)38-21-12-22-39(31-38)40-23-13-24-41(32-40)48-49-46-43-26-8-7-18-35(43)28-29-45(46)47(50-48)44-27-10-9-25-42(44)34-16-5-2-6-17-34/h1-32H. The summed E-state index contributed by atoms with van der Waals surface area (Å²) in [5.74, 6) is 0.709. The number of hydrogen-bond donors (Lipinski definition) is 0. The van der Waals surface area contributed by atoms with Crippen LogP contribution in [0, 0.1) is 0 Å². The Morgan fingerprint density at radius 3 is 1.42 bits per heavy atom. The molecule has 0 saturated heterocycles. The van der Waals surface area contributed by atoms with Gasteiger partial charge in [-0.05, 0) is 74.2 Å². The Bertz CT molecular complexity index is 2640. The first-order valence-electron chi connectivity index (χ1n) is 17.0. The topological polar surface area (TPSA) is 25.8 Å². The summed E-state index contributed by atoms with van der Waals surface area (Å²) in [6.45, 7) is 0. The predicted octanol–water partition coefficient (Wildman–Crippen LogP) is 12.8. The van der Waals surface area contributed by atoms with Crippen LogP contribution in [0.4, 0.5) is 0 Å². The summed E-state index contributed by atoms with van der Waals surface area (Å²) in [6.07, 6.45) is 0. The Kier molecular flexibility index (Phi) is 7.53. The fourth-order valence-electron chi connectivity index (χ4n) is 6.98. The lowest BCUT2D eigenvalue weighted by atomic mass is 9.94. The van der Waals surface area contributed by atoms with Gasteiger partial charge < -0.3 is 0 Å². The molecule has 50 heavy (non-hydrogen) atoms. The van der Waals surface area contributed by atoms with Crippen molar-refractivity contribution in [1.29, 1.82) is 0 Å². The smallest absolute Gasteiger partial charge is 0.160 e. The summed E-state index contributed by atoms with van der Waals surface area (Å²) in [5, 5.41) is 3.32. The maximum atomic E-state index is 5.36. The SMILES string of the molecule is c1ccc(-c2cccc(-c3cccc(-c4cccc(-c5nc(-c6ccccc6-c6ccccc6)c6ccc7ccccc7c6n5)c4)c3)c2)cc1. The van der Waals surface area contributed by atoms with Crippen molar-refractivity contribution in [2.75, 3.05) is 0 Å². The molecule has 1 aromatic heterocycles. The van der Waals surface area contributed by atoms with Gasteiger partial charge in [0.2, 0.25) is 0 Å². The molecule has 0 atom stereocenters. The van der Waals surface area contributed by atoms with Gasteiger partial charge in [-0.3, -0.25) is 0 Å². The summed E-state index contributed by atoms with van der Waals surface area (Å²) in [6, 6.07) is 68.7. The third kappa shape index (κ3) is 5.53. The highest BCUT2D eigenvalue weighted by molar-refractivity contribution is 6.10. The van der Waals surface area contributed by atoms with Crippen LogP contribution in [0.5, 0.6) is 0 Å². The first-order valence-corrected chi connectivity index (χ1v) is 17.0. The van der Waals surface area contributed by atoms with Crippen LogP contribution in [0.25, 0.3) is 88.8 Å². The molecule has 234 valence electrons. The zero-order valence-corrected chi connectivity index (χ0v) is 27.4. The van der Waals surface area contributed by atoms with Crippen molar-refractivity contribution >= 4 is 21.7 Å². The normalized spacial score (nSPS) is 11.2. The van der Waals surface area contributed by atoms with Gasteiger partial charge in [-0.1, -0.05) is 170 Å². The summed E-state index contributed by atoms with van der Waals surface area (Å²) < 4.78 is 0. The zero-order valence-electron chi connectivity index (χ0n) is 27.4. The number of hydrogen-bond acceptors (Lipinski definition) is 2. The lowest BCUT2D eigenvalue weighted by Gasteiger charge is -2.15. The molecule has 2 nitrogen and oxygen atoms in total. The van der Waals surface area contributed by atoms with Crippen LogP contribution >= 0.6 is 0 Å². The number of benzene rings is 8. The first-order chi connectivity index (χ1) is 24.8. The van der Waals surface area contributed by atoms with Crippen LogP contribution in [-0.4, -0.2) is 9.97 Å². The van der Waals surface area contributed by atoms with E-state index in [0.717, 1.165) is 60.8 Å². The van der Waals surface area contributed by atoms with Crippen molar-refractivity contribution < 1.29 is 0 Å². The molecule has 2 heteroatoms. The first kappa shape index (κ1) is 29.5. The van der Waals surface area contributed by atoms with Crippen LogP contribution in [0.3, 0.4) is 0 Å². The Hall–Kier alpha value is -6.64. The second kappa shape index (κ2) is 12.8. The predicted molar refractivity (Wildman–Crippen MR) is 210 cm³/mol. The molecule has 0 aliphatic rings. The van der Waals surface area contributed by atoms with Crippen molar-refractivity contribution in [3.63, 3.8) is 0 Å². The summed E-state index contributed by atoms with van der Waals surface area (Å²) in [7, 11) is 0. The molecule has 0 saturated carbocycles. The quantitative estimate of drug-likeness (QED) is 0.170. The molecular weight excluding hydrogens is 605 g/mol. The van der Waals surface area contributed by atoms with Gasteiger partial charge >= 0.3 is 0 Å². The zero-order chi connectivity index (χ0) is 33.3. The van der Waals surface area contributed by atoms with Gasteiger partial charge in [0.1, 0.15) is 0 Å². The highest BCUT2D eigenvalue weighted by atomic mass is 14.9. The second-order valence-electron chi connectivity index (χ2n) is 12.6. The van der Waals surface area contributed by atoms with Crippen molar-refractivity contribution in [3.8, 4) is 67.2 Å². The third-order valence-electron chi connectivity index (χ3n) is 9.48. The summed E-state index contributed by atoms with van der Waals surface area (Å²) in [5.41, 5.74) is 13.3. The number of nitrogens with zero attached hydrogens (tertiary/aromatic N) is 2. The van der Waals surface area contributed by atoms with Gasteiger partial charge in [-0.15, -0.1) is 0 Å². The molecule has 0 aliphatic heterocycles. The summed E-state index contributed by atoms with van der Waals surface area (Å²) in [4.78, 5) is 10.7. The molecule has 9 aromatic rings. The third-order valence-corrected chi connectivity index (χ3v) is 9.48. The van der Waals surface area contributed by atoms with E-state index in [1.807, 2.05) is 0 Å². The van der Waals surface area contributed by atoms with Crippen LogP contribution in [0.15, 0.2) is 194 Å². The fraction of sp³-hybridized carbons (Fsp3) is 0. The molecule has 0 unspecified atom stereocenters. The highest BCUT2D eigenvalue weighted by Gasteiger charge is 2.17. The second-order valence-corrected chi connectivity index (χ2v) is 12.6. The number of rotatable bonds is 6. The largest absolute Gasteiger partial charge is 0.227 e. The highest BCUT2D eigenvalue weighted by Crippen LogP contribution is 2.38. The van der Waals surface area contributed by atoms with Crippen LogP contribution in [0.2, 0.25) is 0 Å². The van der Waals surface area contributed by atoms with Crippen LogP contribution in [0.1, 0.15) is 0 Å². The van der Waals surface area contributed by atoms with Crippen molar-refractivity contribution in [2.45, 2.75) is 0 Å². The Labute approximate surface area is 292 Å². The molecular formula is C48H32N2. The van der Waals surface area contributed by atoms with Crippen molar-refractivity contribution in [2.24, 2.45) is 0 Å². The van der Waals surface area contributed by atoms with Gasteiger partial charge in [0.25, 0.3) is 0 Å². The van der Waals surface area contributed by atoms with Gasteiger partial charge in [-0.25, -0.2) is 9.97 Å². The monoisotopic (exact) mass is 636 g/mol. The molecule has 0 bridgehead atoms. The van der Waals surface area contributed by atoms with E-state index in [1.54, 1.807) is 0 Å². The Balaban J connectivity index is 1.18. The lowest BCUT2D eigenvalue weighted by Crippen LogP contribution is -1.97. The minimum absolute atomic E-state index is 0.709. The minimum atomic E-state index is 0.709. The van der Waals surface area contributed by atoms with E-state index in [1.165, 1.54) is 22.3 Å². The molecule has 0 radical (unpaired) electrons. The molecule has 9 rings (SSSR count). The molecule has 0 N–H and O–H groups in total. The Morgan fingerprint density at radius 2 is 0.760 bits per heavy atom. The van der Waals surface area contributed by atoms with E-state index >= 15 is 0 Å². The maximum absolute atomic E-state index is 5.36. The van der Waals surface area contributed by atoms with E-state index in [9.17, 15) is 0 Å². The maximum Gasteiger partial charge on any atom is 0.160 e. The molecule has 0 fully saturated rings. The summed E-state index contributed by atoms with van der Waals surface area (Å²) >= 11 is 0. The van der Waals surface area contributed by atoms with Crippen LogP contribution in [-0.2, 0) is 0 Å². The van der Waals surface area contributed by atoms with E-state index in [0.29, 0.717) is 5.82 Å². The molecule has 0 amide bonds. The van der Waals surface area contributed by atoms with Gasteiger partial charge in [0.05, 0.1) is 11.2 Å². The van der Waals surface area contributed by atoms with Gasteiger partial charge in [0.15, 0.2) is 5.82 Å². The minimum Gasteiger partial charge on any atom is -0.227 e. The van der Waals surface area contributed by atoms with Gasteiger partial charge in [0, 0.05) is 21.9 Å². The number of aromatic nitrogens is 2. The van der Waals surface area contributed by atoms with Crippen LogP contribution < -0.4 is 0 Å². The van der Waals surface area contributed by atoms with Crippen molar-refractivity contribution in [3.05, 3.63) is 194 Å². The van der Waals surface area contributed by atoms with Crippen molar-refractivity contribution in [1.82, 2.24) is 9.97 Å². The molecule has 8 aromatic carbocycles. The lowest BCUT2D eigenvalue weighted by molar-refractivity contribution is 1.23. The average Bonchev–Trinajstić information content (AvgIpc) is 3.21. The fourth-order valence-corrected chi connectivity index (χ4v) is 6.98. The van der Waals surface area contributed by atoms with E-state index < -0.39 is 0 Å². The number of fused-ring (bicyclic) bond motifs is 3.